The Kier molecular flexibility index (Phi) is 4.55. The van der Waals surface area contributed by atoms with E-state index in [1.807, 2.05) is 0 Å². The van der Waals surface area contributed by atoms with Gasteiger partial charge in [-0.3, -0.25) is 9.69 Å². The fourth-order valence-electron chi connectivity index (χ4n) is 3.11. The lowest BCUT2D eigenvalue weighted by atomic mass is 10.2. The molecule has 0 aliphatic carbocycles. The van der Waals surface area contributed by atoms with Crippen molar-refractivity contribution in [3.05, 3.63) is 48.5 Å². The molecule has 0 aromatic heterocycles. The van der Waals surface area contributed by atoms with Gasteiger partial charge in [-0.25, -0.2) is 4.79 Å². The third kappa shape index (κ3) is 3.65. The smallest absolute Gasteiger partial charge is 0.416 e. The molecule has 2 aromatic rings. The molecular weight excluding hydrogens is 352 g/mol. The van der Waals surface area contributed by atoms with E-state index in [9.17, 15) is 14.7 Å². The molecule has 2 atom stereocenters. The van der Waals surface area contributed by atoms with Crippen LogP contribution in [0.1, 0.15) is 6.42 Å². The third-order valence-electron chi connectivity index (χ3n) is 4.40. The fourth-order valence-corrected chi connectivity index (χ4v) is 3.11. The largest absolute Gasteiger partial charge is 0.454 e. The number of amides is 2. The van der Waals surface area contributed by atoms with Crippen molar-refractivity contribution in [2.24, 2.45) is 0 Å². The summed E-state index contributed by atoms with van der Waals surface area (Å²) in [4.78, 5) is 26.4. The number of aliphatic hydroxyl groups is 1. The van der Waals surface area contributed by atoms with Gasteiger partial charge < -0.3 is 24.6 Å². The van der Waals surface area contributed by atoms with Crippen LogP contribution in [0.2, 0.25) is 0 Å². The number of carbonyl (C=O) groups excluding carboxylic acids is 2. The SMILES string of the molecule is O=C(Nc1ccc2c(c1)OCO2)[C@H]1C[C@@H](O)CN1C(=O)Oc1ccccc1. The number of fused-ring (bicyclic) bond motifs is 1. The van der Waals surface area contributed by atoms with Gasteiger partial charge >= 0.3 is 6.09 Å². The zero-order chi connectivity index (χ0) is 18.8. The lowest BCUT2D eigenvalue weighted by Crippen LogP contribution is -2.44. The highest BCUT2D eigenvalue weighted by atomic mass is 16.7. The Morgan fingerprint density at radius 1 is 1.11 bits per heavy atom. The van der Waals surface area contributed by atoms with E-state index in [0.29, 0.717) is 22.9 Å². The molecule has 27 heavy (non-hydrogen) atoms. The second kappa shape index (κ2) is 7.16. The van der Waals surface area contributed by atoms with Gasteiger partial charge in [0.1, 0.15) is 11.8 Å². The molecule has 2 amide bonds. The molecular formula is C19H18N2O6. The van der Waals surface area contributed by atoms with Crippen molar-refractivity contribution in [1.82, 2.24) is 4.90 Å². The number of rotatable bonds is 3. The minimum atomic E-state index is -0.832. The van der Waals surface area contributed by atoms with Gasteiger partial charge in [-0.15, -0.1) is 0 Å². The Labute approximate surface area is 155 Å². The molecule has 2 aliphatic rings. The molecule has 8 nitrogen and oxygen atoms in total. The summed E-state index contributed by atoms with van der Waals surface area (Å²) in [5.41, 5.74) is 0.516. The number of aliphatic hydroxyl groups excluding tert-OH is 1. The van der Waals surface area contributed by atoms with Crippen molar-refractivity contribution in [3.63, 3.8) is 0 Å². The molecule has 140 valence electrons. The molecule has 0 saturated carbocycles. The zero-order valence-corrected chi connectivity index (χ0v) is 14.3. The van der Waals surface area contributed by atoms with Crippen LogP contribution >= 0.6 is 0 Å². The minimum Gasteiger partial charge on any atom is -0.454 e. The number of nitrogens with one attached hydrogen (secondary N) is 1. The van der Waals surface area contributed by atoms with Crippen molar-refractivity contribution >= 4 is 17.7 Å². The van der Waals surface area contributed by atoms with Crippen LogP contribution in [0.25, 0.3) is 0 Å². The van der Waals surface area contributed by atoms with E-state index in [2.05, 4.69) is 5.32 Å². The van der Waals surface area contributed by atoms with Gasteiger partial charge in [0.2, 0.25) is 12.7 Å². The highest BCUT2D eigenvalue weighted by Crippen LogP contribution is 2.34. The predicted molar refractivity (Wildman–Crippen MR) is 94.8 cm³/mol. The summed E-state index contributed by atoms with van der Waals surface area (Å²) in [5.74, 6) is 1.12. The Bertz CT molecular complexity index is 857. The molecule has 2 aromatic carbocycles. The molecule has 2 N–H and O–H groups in total. The minimum absolute atomic E-state index is 0.0326. The third-order valence-corrected chi connectivity index (χ3v) is 4.40. The maximum Gasteiger partial charge on any atom is 0.416 e. The molecule has 2 heterocycles. The molecule has 0 unspecified atom stereocenters. The number of carbonyl (C=O) groups is 2. The van der Waals surface area contributed by atoms with E-state index >= 15 is 0 Å². The van der Waals surface area contributed by atoms with E-state index in [1.165, 1.54) is 4.90 Å². The van der Waals surface area contributed by atoms with E-state index in [-0.39, 0.29) is 19.8 Å². The fraction of sp³-hybridized carbons (Fsp3) is 0.263. The predicted octanol–water partition coefficient (Wildman–Crippen LogP) is 1.99. The zero-order valence-electron chi connectivity index (χ0n) is 14.3. The monoisotopic (exact) mass is 370 g/mol. The van der Waals surface area contributed by atoms with E-state index < -0.39 is 24.1 Å². The molecule has 2 aliphatic heterocycles. The number of hydrogen-bond donors (Lipinski definition) is 2. The summed E-state index contributed by atoms with van der Waals surface area (Å²) in [5, 5.41) is 12.7. The van der Waals surface area contributed by atoms with Crippen LogP contribution in [0.5, 0.6) is 17.2 Å². The van der Waals surface area contributed by atoms with Gasteiger partial charge in [0.05, 0.1) is 12.6 Å². The molecule has 0 radical (unpaired) electrons. The highest BCUT2D eigenvalue weighted by molar-refractivity contribution is 5.97. The number of likely N-dealkylation sites (tertiary alicyclic amines) is 1. The van der Waals surface area contributed by atoms with Crippen molar-refractivity contribution < 1.29 is 28.9 Å². The second-order valence-electron chi connectivity index (χ2n) is 6.30. The normalized spacial score (nSPS) is 20.4. The Hall–Kier alpha value is -3.26. The number of β-amino-alcohol motifs (C(OH)–C–C–N with tert-alkyl or cyclic N) is 1. The first kappa shape index (κ1) is 17.2. The lowest BCUT2D eigenvalue weighted by Gasteiger charge is -2.23. The van der Waals surface area contributed by atoms with Crippen LogP contribution < -0.4 is 19.5 Å². The topological polar surface area (TPSA) is 97.3 Å². The summed E-state index contributed by atoms with van der Waals surface area (Å²) in [6.07, 6.45) is -1.33. The molecule has 0 bridgehead atoms. The van der Waals surface area contributed by atoms with Crippen molar-refractivity contribution in [3.8, 4) is 17.2 Å². The summed E-state index contributed by atoms with van der Waals surface area (Å²) in [6.45, 7) is 0.172. The summed E-state index contributed by atoms with van der Waals surface area (Å²) >= 11 is 0. The van der Waals surface area contributed by atoms with Gasteiger partial charge in [-0.05, 0) is 24.3 Å². The number of benzene rings is 2. The summed E-state index contributed by atoms with van der Waals surface area (Å²) in [7, 11) is 0. The summed E-state index contributed by atoms with van der Waals surface area (Å²) < 4.78 is 15.8. The van der Waals surface area contributed by atoms with Crippen molar-refractivity contribution in [1.29, 1.82) is 0 Å². The van der Waals surface area contributed by atoms with Gasteiger partial charge in [-0.2, -0.15) is 0 Å². The first-order valence-electron chi connectivity index (χ1n) is 8.52. The van der Waals surface area contributed by atoms with Crippen LogP contribution in [0.15, 0.2) is 48.5 Å². The molecule has 1 fully saturated rings. The van der Waals surface area contributed by atoms with E-state index in [0.717, 1.165) is 0 Å². The van der Waals surface area contributed by atoms with E-state index in [1.54, 1.807) is 48.5 Å². The van der Waals surface area contributed by atoms with Crippen molar-refractivity contribution in [2.75, 3.05) is 18.7 Å². The average Bonchev–Trinajstić information content (AvgIpc) is 3.28. The van der Waals surface area contributed by atoms with Gasteiger partial charge in [0.25, 0.3) is 0 Å². The Morgan fingerprint density at radius 2 is 1.89 bits per heavy atom. The summed E-state index contributed by atoms with van der Waals surface area (Å²) in [6, 6.07) is 12.8. The van der Waals surface area contributed by atoms with Crippen molar-refractivity contribution in [2.45, 2.75) is 18.6 Å². The first-order valence-corrected chi connectivity index (χ1v) is 8.52. The average molecular weight is 370 g/mol. The first-order chi connectivity index (χ1) is 13.1. The maximum atomic E-state index is 12.7. The van der Waals surface area contributed by atoms with Crippen LogP contribution in [-0.2, 0) is 4.79 Å². The van der Waals surface area contributed by atoms with E-state index in [4.69, 9.17) is 14.2 Å². The molecule has 0 spiro atoms. The number of hydrogen-bond acceptors (Lipinski definition) is 6. The Balaban J connectivity index is 1.45. The van der Waals surface area contributed by atoms with Gasteiger partial charge in [0, 0.05) is 18.2 Å². The standard InChI is InChI=1S/C19H18N2O6/c22-13-9-15(21(10-13)19(24)27-14-4-2-1-3-5-14)18(23)20-12-6-7-16-17(8-12)26-11-25-16/h1-8,13,15,22H,9-11H2,(H,20,23)/t13-,15-/m1/s1. The molecule has 4 rings (SSSR count). The number of nitrogens with zero attached hydrogens (tertiary/aromatic N) is 1. The van der Waals surface area contributed by atoms with Crippen LogP contribution in [0.3, 0.4) is 0 Å². The second-order valence-corrected chi connectivity index (χ2v) is 6.30. The number of anilines is 1. The maximum absolute atomic E-state index is 12.7. The van der Waals surface area contributed by atoms with Gasteiger partial charge in [0.15, 0.2) is 11.5 Å². The molecule has 1 saturated heterocycles. The Morgan fingerprint density at radius 3 is 2.70 bits per heavy atom. The van der Waals surface area contributed by atoms with Crippen LogP contribution in [0.4, 0.5) is 10.5 Å². The lowest BCUT2D eigenvalue weighted by molar-refractivity contribution is -0.119. The number of para-hydroxylation sites is 1. The quantitative estimate of drug-likeness (QED) is 0.858. The number of ether oxygens (including phenoxy) is 3. The van der Waals surface area contributed by atoms with Crippen LogP contribution in [0, 0.1) is 0 Å². The van der Waals surface area contributed by atoms with Gasteiger partial charge in [-0.1, -0.05) is 18.2 Å². The molecule has 8 heteroatoms. The highest BCUT2D eigenvalue weighted by Gasteiger charge is 2.40. The van der Waals surface area contributed by atoms with Crippen LogP contribution in [-0.4, -0.2) is 47.5 Å².